The van der Waals surface area contributed by atoms with E-state index in [1.165, 1.54) is 10.3 Å². The van der Waals surface area contributed by atoms with E-state index in [1.807, 2.05) is 30.1 Å². The molecule has 1 aromatic heterocycles. The molecule has 0 aliphatic carbocycles. The van der Waals surface area contributed by atoms with Gasteiger partial charge < -0.3 is 14.4 Å². The van der Waals surface area contributed by atoms with Crippen LogP contribution in [0.5, 0.6) is 11.5 Å². The highest BCUT2D eigenvalue weighted by Crippen LogP contribution is 2.33. The Labute approximate surface area is 129 Å². The van der Waals surface area contributed by atoms with Crippen molar-refractivity contribution < 1.29 is 9.47 Å². The normalized spacial score (nSPS) is 10.4. The SMILES string of the molecule is COc1ccc(OC)c(CN(C)c2ssc(=O)c2Cl)c1. The standard InChI is InChI=1S/C13H14ClNO3S2/c1-15(12-11(14)13(16)20-19-12)7-8-6-9(17-2)4-5-10(8)18-3/h4-6H,7H2,1-3H3. The minimum Gasteiger partial charge on any atom is -0.497 e. The summed E-state index contributed by atoms with van der Waals surface area (Å²) in [6, 6.07) is 5.62. The van der Waals surface area contributed by atoms with Crippen LogP contribution < -0.4 is 19.1 Å². The van der Waals surface area contributed by atoms with Gasteiger partial charge in [-0.05, 0) is 28.5 Å². The van der Waals surface area contributed by atoms with E-state index in [4.69, 9.17) is 21.1 Å². The van der Waals surface area contributed by atoms with E-state index in [1.54, 1.807) is 14.2 Å². The van der Waals surface area contributed by atoms with Crippen molar-refractivity contribution in [3.8, 4) is 11.5 Å². The summed E-state index contributed by atoms with van der Waals surface area (Å²) in [5.41, 5.74) is 0.969. The summed E-state index contributed by atoms with van der Waals surface area (Å²) >= 11 is 6.01. The first-order valence-corrected chi connectivity index (χ1v) is 8.30. The molecule has 1 aromatic carbocycles. The highest BCUT2D eigenvalue weighted by atomic mass is 35.5. The lowest BCUT2D eigenvalue weighted by molar-refractivity contribution is 0.398. The highest BCUT2D eigenvalue weighted by molar-refractivity contribution is 7.70. The first-order valence-electron chi connectivity index (χ1n) is 5.77. The Hall–Kier alpha value is -1.24. The van der Waals surface area contributed by atoms with Gasteiger partial charge in [0, 0.05) is 19.2 Å². The summed E-state index contributed by atoms with van der Waals surface area (Å²) in [6.45, 7) is 0.576. The van der Waals surface area contributed by atoms with Gasteiger partial charge in [-0.1, -0.05) is 21.9 Å². The number of nitrogens with zero attached hydrogens (tertiary/aromatic N) is 1. The lowest BCUT2D eigenvalue weighted by atomic mass is 10.2. The number of methoxy groups -OCH3 is 2. The Kier molecular flexibility index (Phi) is 4.91. The van der Waals surface area contributed by atoms with E-state index in [-0.39, 0.29) is 9.77 Å². The van der Waals surface area contributed by atoms with Crippen LogP contribution in [0, 0.1) is 0 Å². The van der Waals surface area contributed by atoms with Crippen molar-refractivity contribution in [2.75, 3.05) is 26.2 Å². The molecule has 7 heteroatoms. The number of benzene rings is 1. The van der Waals surface area contributed by atoms with Gasteiger partial charge in [-0.25, -0.2) is 0 Å². The molecule has 0 amide bonds. The van der Waals surface area contributed by atoms with Crippen LogP contribution in [0.1, 0.15) is 5.56 Å². The molecular weight excluding hydrogens is 318 g/mol. The van der Waals surface area contributed by atoms with Gasteiger partial charge in [-0.2, -0.15) is 0 Å². The fourth-order valence-corrected chi connectivity index (χ4v) is 4.54. The monoisotopic (exact) mass is 331 g/mol. The van der Waals surface area contributed by atoms with Crippen molar-refractivity contribution in [2.45, 2.75) is 6.54 Å². The van der Waals surface area contributed by atoms with Crippen molar-refractivity contribution in [2.24, 2.45) is 0 Å². The smallest absolute Gasteiger partial charge is 0.263 e. The van der Waals surface area contributed by atoms with Gasteiger partial charge in [0.1, 0.15) is 21.5 Å². The van der Waals surface area contributed by atoms with Crippen LogP contribution in [-0.2, 0) is 6.54 Å². The number of hydrogen-bond donors (Lipinski definition) is 0. The van der Waals surface area contributed by atoms with E-state index in [0.717, 1.165) is 32.4 Å². The van der Waals surface area contributed by atoms with Crippen LogP contribution >= 0.6 is 32.3 Å². The third kappa shape index (κ3) is 3.08. The van der Waals surface area contributed by atoms with Gasteiger partial charge in [0.2, 0.25) is 0 Å². The molecular formula is C13H14ClNO3S2. The van der Waals surface area contributed by atoms with Crippen molar-refractivity contribution >= 4 is 37.3 Å². The van der Waals surface area contributed by atoms with Crippen molar-refractivity contribution in [3.05, 3.63) is 38.3 Å². The van der Waals surface area contributed by atoms with Gasteiger partial charge in [0.15, 0.2) is 0 Å². The maximum atomic E-state index is 11.4. The largest absolute Gasteiger partial charge is 0.497 e. The molecule has 2 rings (SSSR count). The molecule has 108 valence electrons. The molecule has 0 aliphatic rings. The maximum absolute atomic E-state index is 11.4. The number of hydrogen-bond acceptors (Lipinski definition) is 6. The first-order chi connectivity index (χ1) is 9.56. The van der Waals surface area contributed by atoms with Crippen LogP contribution in [0.2, 0.25) is 5.02 Å². The summed E-state index contributed by atoms with van der Waals surface area (Å²) in [5, 5.41) is 1.05. The van der Waals surface area contributed by atoms with Crippen LogP contribution in [-0.4, -0.2) is 21.3 Å². The predicted molar refractivity (Wildman–Crippen MR) is 85.1 cm³/mol. The fraction of sp³-hybridized carbons (Fsp3) is 0.308. The molecule has 0 saturated carbocycles. The van der Waals surface area contributed by atoms with Crippen molar-refractivity contribution in [3.63, 3.8) is 0 Å². The van der Waals surface area contributed by atoms with Crippen LogP contribution in [0.3, 0.4) is 0 Å². The summed E-state index contributed by atoms with van der Waals surface area (Å²) in [6.07, 6.45) is 0. The van der Waals surface area contributed by atoms with Gasteiger partial charge in [0.25, 0.3) is 4.74 Å². The number of rotatable bonds is 5. The molecule has 0 unspecified atom stereocenters. The second-order valence-electron chi connectivity index (χ2n) is 4.11. The van der Waals surface area contributed by atoms with Gasteiger partial charge >= 0.3 is 0 Å². The zero-order valence-corrected chi connectivity index (χ0v) is 13.7. The summed E-state index contributed by atoms with van der Waals surface area (Å²) < 4.78 is 10.5. The second kappa shape index (κ2) is 6.47. The molecule has 0 fully saturated rings. The fourth-order valence-electron chi connectivity index (χ4n) is 1.80. The number of ether oxygens (including phenoxy) is 2. The van der Waals surface area contributed by atoms with Crippen molar-refractivity contribution in [1.29, 1.82) is 0 Å². The topological polar surface area (TPSA) is 38.8 Å². The van der Waals surface area contributed by atoms with Crippen molar-refractivity contribution in [1.82, 2.24) is 0 Å². The molecule has 4 nitrogen and oxygen atoms in total. The summed E-state index contributed by atoms with van der Waals surface area (Å²) in [4.78, 5) is 13.4. The summed E-state index contributed by atoms with van der Waals surface area (Å²) in [5.74, 6) is 1.54. The highest BCUT2D eigenvalue weighted by Gasteiger charge is 2.15. The average Bonchev–Trinajstić information content (AvgIpc) is 2.79. The third-order valence-electron chi connectivity index (χ3n) is 2.81. The Morgan fingerprint density at radius 2 is 2.00 bits per heavy atom. The molecule has 1 heterocycles. The Morgan fingerprint density at radius 3 is 2.55 bits per heavy atom. The van der Waals surface area contributed by atoms with E-state index < -0.39 is 0 Å². The van der Waals surface area contributed by atoms with E-state index >= 15 is 0 Å². The minimum absolute atomic E-state index is 0.101. The van der Waals surface area contributed by atoms with E-state index in [2.05, 4.69) is 0 Å². The van der Waals surface area contributed by atoms with Gasteiger partial charge in [-0.3, -0.25) is 4.79 Å². The first kappa shape index (κ1) is 15.2. The lowest BCUT2D eigenvalue weighted by Crippen LogP contribution is -2.16. The number of halogens is 1. The van der Waals surface area contributed by atoms with E-state index in [9.17, 15) is 4.79 Å². The second-order valence-corrected chi connectivity index (χ2v) is 6.58. The molecule has 2 aromatic rings. The van der Waals surface area contributed by atoms with Gasteiger partial charge in [0.05, 0.1) is 14.2 Å². The molecule has 0 spiro atoms. The number of anilines is 1. The lowest BCUT2D eigenvalue weighted by Gasteiger charge is -2.19. The Bertz CT molecular complexity index is 653. The molecule has 0 atom stereocenters. The van der Waals surface area contributed by atoms with E-state index in [0.29, 0.717) is 6.54 Å². The van der Waals surface area contributed by atoms with Crippen LogP contribution in [0.4, 0.5) is 5.00 Å². The molecule has 0 bridgehead atoms. The minimum atomic E-state index is -0.101. The van der Waals surface area contributed by atoms with Crippen LogP contribution in [0.25, 0.3) is 0 Å². The Morgan fingerprint density at radius 1 is 1.25 bits per heavy atom. The molecule has 0 saturated heterocycles. The zero-order valence-electron chi connectivity index (χ0n) is 11.3. The third-order valence-corrected chi connectivity index (χ3v) is 5.67. The molecule has 0 aliphatic heterocycles. The zero-order chi connectivity index (χ0) is 14.7. The summed E-state index contributed by atoms with van der Waals surface area (Å²) in [7, 11) is 7.66. The Balaban J connectivity index is 2.29. The average molecular weight is 332 g/mol. The quantitative estimate of drug-likeness (QED) is 0.786. The molecule has 0 N–H and O–H groups in total. The van der Waals surface area contributed by atoms with Gasteiger partial charge in [-0.15, -0.1) is 0 Å². The molecule has 0 radical (unpaired) electrons. The maximum Gasteiger partial charge on any atom is 0.263 e. The predicted octanol–water partition coefficient (Wildman–Crippen LogP) is 3.48. The molecule has 20 heavy (non-hydrogen) atoms. The van der Waals surface area contributed by atoms with Crippen LogP contribution in [0.15, 0.2) is 23.0 Å².